The molecule has 5 rings (SSSR count). The van der Waals surface area contributed by atoms with Crippen LogP contribution < -0.4 is 0 Å². The normalized spacial score (nSPS) is 11.6. The van der Waals surface area contributed by atoms with E-state index in [4.69, 9.17) is 0 Å². The fourth-order valence-electron chi connectivity index (χ4n) is 4.05. The van der Waals surface area contributed by atoms with Crippen molar-refractivity contribution in [3.8, 4) is 20.9 Å². The molecule has 0 bridgehead atoms. The molecule has 3 heterocycles. The van der Waals surface area contributed by atoms with E-state index in [1.54, 1.807) is 0 Å². The number of fused-ring (bicyclic) bond motifs is 3. The Kier molecular flexibility index (Phi) is 4.79. The molecule has 0 aliphatic rings. The zero-order valence-electron chi connectivity index (χ0n) is 16.0. The number of aryl methyl sites for hydroxylation is 1. The van der Waals surface area contributed by atoms with Crippen molar-refractivity contribution >= 4 is 44.5 Å². The molecule has 1 nitrogen and oxygen atoms in total. The monoisotopic (exact) mass is 401 g/mol. The Bertz CT molecular complexity index is 1120. The van der Waals surface area contributed by atoms with Crippen LogP contribution in [0.3, 0.4) is 0 Å². The van der Waals surface area contributed by atoms with E-state index in [1.807, 2.05) is 22.7 Å². The van der Waals surface area contributed by atoms with Gasteiger partial charge in [-0.15, -0.1) is 22.7 Å². The van der Waals surface area contributed by atoms with Gasteiger partial charge in [0.2, 0.25) is 0 Å². The van der Waals surface area contributed by atoms with Crippen molar-refractivity contribution < 1.29 is 0 Å². The fourth-order valence-corrected chi connectivity index (χ4v) is 5.50. The molecule has 0 saturated heterocycles. The first kappa shape index (κ1) is 17.7. The number of hydrogen-bond donors (Lipinski definition) is 0. The maximum absolute atomic E-state index is 2.55. The van der Waals surface area contributed by atoms with Gasteiger partial charge in [-0.1, -0.05) is 56.2 Å². The first-order valence-corrected chi connectivity index (χ1v) is 11.7. The minimum Gasteiger partial charge on any atom is -0.340 e. The van der Waals surface area contributed by atoms with Crippen LogP contribution in [0.15, 0.2) is 71.4 Å². The van der Waals surface area contributed by atoms with Crippen molar-refractivity contribution in [1.82, 2.24) is 4.57 Å². The van der Waals surface area contributed by atoms with E-state index in [-0.39, 0.29) is 0 Å². The van der Waals surface area contributed by atoms with Gasteiger partial charge < -0.3 is 4.57 Å². The number of benzene rings is 2. The lowest BCUT2D eigenvalue weighted by Gasteiger charge is -2.09. The molecular formula is C25H23NS2. The van der Waals surface area contributed by atoms with Crippen LogP contribution in [0, 0.1) is 0 Å². The number of nitrogens with zero attached hydrogens (tertiary/aromatic N) is 1. The van der Waals surface area contributed by atoms with Gasteiger partial charge in [0, 0.05) is 38.1 Å². The highest BCUT2D eigenvalue weighted by Crippen LogP contribution is 2.36. The Morgan fingerprint density at radius 1 is 0.714 bits per heavy atom. The Morgan fingerprint density at radius 3 is 1.75 bits per heavy atom. The fraction of sp³-hybridized carbons (Fsp3) is 0.200. The van der Waals surface area contributed by atoms with Crippen LogP contribution in [0.25, 0.3) is 42.7 Å². The van der Waals surface area contributed by atoms with Crippen molar-refractivity contribution in [3.63, 3.8) is 0 Å². The second-order valence-corrected chi connectivity index (χ2v) is 9.17. The van der Waals surface area contributed by atoms with Gasteiger partial charge in [0.25, 0.3) is 0 Å². The summed E-state index contributed by atoms with van der Waals surface area (Å²) in [5, 5.41) is 7.04. The topological polar surface area (TPSA) is 4.93 Å². The smallest absolute Gasteiger partial charge is 0.0497 e. The summed E-state index contributed by atoms with van der Waals surface area (Å²) < 4.78 is 2.55. The van der Waals surface area contributed by atoms with Crippen molar-refractivity contribution in [1.29, 1.82) is 0 Å². The second kappa shape index (κ2) is 7.57. The zero-order chi connectivity index (χ0) is 18.9. The summed E-state index contributed by atoms with van der Waals surface area (Å²) in [6.07, 6.45) is 3.75. The number of thiophene rings is 2. The highest BCUT2D eigenvalue weighted by atomic mass is 32.1. The lowest BCUT2D eigenvalue weighted by atomic mass is 10.1. The van der Waals surface area contributed by atoms with Gasteiger partial charge in [-0.05, 0) is 52.6 Å². The van der Waals surface area contributed by atoms with E-state index in [0.29, 0.717) is 0 Å². The van der Waals surface area contributed by atoms with Gasteiger partial charge in [0.1, 0.15) is 0 Å². The van der Waals surface area contributed by atoms with Crippen LogP contribution in [0.5, 0.6) is 0 Å². The average molecular weight is 402 g/mol. The Morgan fingerprint density at radius 2 is 1.29 bits per heavy atom. The SMILES string of the molecule is CCCCCn1c2cc(-c3cccs3)ccc2c2ccc(-c3cccs3)cc21. The molecular weight excluding hydrogens is 378 g/mol. The number of aromatic nitrogens is 1. The summed E-state index contributed by atoms with van der Waals surface area (Å²) in [6, 6.07) is 22.6. The molecule has 0 spiro atoms. The third-order valence-corrected chi connectivity index (χ3v) is 7.30. The van der Waals surface area contributed by atoms with Gasteiger partial charge in [0.05, 0.1) is 0 Å². The summed E-state index contributed by atoms with van der Waals surface area (Å²) >= 11 is 3.62. The van der Waals surface area contributed by atoms with Gasteiger partial charge in [0.15, 0.2) is 0 Å². The zero-order valence-corrected chi connectivity index (χ0v) is 17.7. The summed E-state index contributed by atoms with van der Waals surface area (Å²) in [6.45, 7) is 3.35. The largest absolute Gasteiger partial charge is 0.340 e. The molecule has 0 saturated carbocycles. The molecule has 5 aromatic rings. The molecule has 2 aromatic carbocycles. The first-order valence-electron chi connectivity index (χ1n) is 9.99. The molecule has 0 aliphatic carbocycles. The third kappa shape index (κ3) is 3.09. The lowest BCUT2D eigenvalue weighted by Crippen LogP contribution is -1.97. The van der Waals surface area contributed by atoms with Gasteiger partial charge in [-0.3, -0.25) is 0 Å². The summed E-state index contributed by atoms with van der Waals surface area (Å²) in [4.78, 5) is 2.68. The van der Waals surface area contributed by atoms with Gasteiger partial charge in [-0.2, -0.15) is 0 Å². The van der Waals surface area contributed by atoms with Crippen LogP contribution in [0.4, 0.5) is 0 Å². The quantitative estimate of drug-likeness (QED) is 0.252. The molecule has 0 fully saturated rings. The van der Waals surface area contributed by atoms with E-state index < -0.39 is 0 Å². The number of unbranched alkanes of at least 4 members (excludes halogenated alkanes) is 2. The maximum atomic E-state index is 2.55. The highest BCUT2D eigenvalue weighted by molar-refractivity contribution is 7.13. The van der Waals surface area contributed by atoms with E-state index in [9.17, 15) is 0 Å². The Balaban J connectivity index is 1.72. The summed E-state index contributed by atoms with van der Waals surface area (Å²) in [7, 11) is 0. The van der Waals surface area contributed by atoms with Crippen LogP contribution in [-0.4, -0.2) is 4.57 Å². The third-order valence-electron chi connectivity index (χ3n) is 5.46. The number of hydrogen-bond acceptors (Lipinski definition) is 2. The maximum Gasteiger partial charge on any atom is 0.0497 e. The predicted molar refractivity (Wildman–Crippen MR) is 126 cm³/mol. The Labute approximate surface area is 173 Å². The molecule has 0 radical (unpaired) electrons. The van der Waals surface area contributed by atoms with E-state index in [2.05, 4.69) is 82.9 Å². The van der Waals surface area contributed by atoms with Crippen LogP contribution in [0.1, 0.15) is 26.2 Å². The second-order valence-electron chi connectivity index (χ2n) is 7.28. The Hall–Kier alpha value is -2.36. The summed E-state index contributed by atoms with van der Waals surface area (Å²) in [5.74, 6) is 0. The van der Waals surface area contributed by atoms with Crippen molar-refractivity contribution in [3.05, 3.63) is 71.4 Å². The van der Waals surface area contributed by atoms with Crippen molar-refractivity contribution in [2.75, 3.05) is 0 Å². The molecule has 0 unspecified atom stereocenters. The highest BCUT2D eigenvalue weighted by Gasteiger charge is 2.13. The number of rotatable bonds is 6. The van der Waals surface area contributed by atoms with Crippen LogP contribution >= 0.6 is 22.7 Å². The van der Waals surface area contributed by atoms with Gasteiger partial charge >= 0.3 is 0 Å². The average Bonchev–Trinajstić information content (AvgIpc) is 3.48. The molecule has 3 heteroatoms. The van der Waals surface area contributed by atoms with Gasteiger partial charge in [-0.25, -0.2) is 0 Å². The molecule has 28 heavy (non-hydrogen) atoms. The lowest BCUT2D eigenvalue weighted by molar-refractivity contribution is 0.627. The van der Waals surface area contributed by atoms with E-state index >= 15 is 0 Å². The predicted octanol–water partition coefficient (Wildman–Crippen LogP) is 8.44. The molecule has 0 aliphatic heterocycles. The molecule has 3 aromatic heterocycles. The minimum atomic E-state index is 1.08. The van der Waals surface area contributed by atoms with E-state index in [0.717, 1.165) is 6.54 Å². The molecule has 0 N–H and O–H groups in total. The minimum absolute atomic E-state index is 1.08. The van der Waals surface area contributed by atoms with Crippen molar-refractivity contribution in [2.24, 2.45) is 0 Å². The van der Waals surface area contributed by atoms with Crippen LogP contribution in [-0.2, 0) is 6.54 Å². The molecule has 0 amide bonds. The van der Waals surface area contributed by atoms with Crippen molar-refractivity contribution in [2.45, 2.75) is 32.7 Å². The molecule has 140 valence electrons. The first-order chi connectivity index (χ1) is 13.8. The van der Waals surface area contributed by atoms with E-state index in [1.165, 1.54) is 61.9 Å². The molecule has 0 atom stereocenters. The summed E-state index contributed by atoms with van der Waals surface area (Å²) in [5.41, 5.74) is 5.36. The van der Waals surface area contributed by atoms with Crippen LogP contribution in [0.2, 0.25) is 0 Å². The standard InChI is InChI=1S/C25H23NS2/c1-2-3-4-13-26-22-16-18(24-7-5-14-27-24)9-11-20(22)21-12-10-19(17-23(21)26)25-8-6-15-28-25/h5-12,14-17H,2-4,13H2,1H3.